The molecule has 1 amide bonds. The lowest BCUT2D eigenvalue weighted by Gasteiger charge is -2.10. The number of alkyl halides is 3. The number of nitrogens with one attached hydrogen (secondary N) is 1. The Bertz CT molecular complexity index is 602. The zero-order chi connectivity index (χ0) is 17.2. The van der Waals surface area contributed by atoms with Crippen molar-refractivity contribution in [2.75, 3.05) is 5.32 Å². The average molecular weight is 396 g/mol. The summed E-state index contributed by atoms with van der Waals surface area (Å²) in [4.78, 5) is 24.9. The lowest BCUT2D eigenvalue weighted by molar-refractivity contribution is -0.676. The number of aliphatic carboxylic acids is 1. The Kier molecular flexibility index (Phi) is 5.25. The van der Waals surface area contributed by atoms with E-state index in [1.165, 1.54) is 6.42 Å². The number of carbonyl (C=O) groups is 2. The van der Waals surface area contributed by atoms with Crippen molar-refractivity contribution in [1.82, 2.24) is 4.98 Å². The van der Waals surface area contributed by atoms with Gasteiger partial charge in [-0.3, -0.25) is 4.79 Å². The molecule has 1 saturated heterocycles. The number of rotatable bonds is 2. The number of nitrogens with two attached hydrogens (primary N) is 1. The van der Waals surface area contributed by atoms with Crippen LogP contribution in [-0.2, 0) is 9.59 Å². The van der Waals surface area contributed by atoms with Gasteiger partial charge in [-0.25, -0.2) is 4.98 Å². The van der Waals surface area contributed by atoms with E-state index in [2.05, 4.69) is 31.5 Å². The molecule has 0 radical (unpaired) electrons. The topological polar surface area (TPSA) is 98.7 Å². The Morgan fingerprint density at radius 3 is 2.48 bits per heavy atom. The lowest BCUT2D eigenvalue weighted by atomic mass is 10.2. The summed E-state index contributed by atoms with van der Waals surface area (Å²) in [7, 11) is 0. The van der Waals surface area contributed by atoms with E-state index in [9.17, 15) is 18.0 Å². The molecule has 3 N–H and O–H groups in total. The molecule has 1 aromatic heterocycles. The van der Waals surface area contributed by atoms with Gasteiger partial charge in [0.05, 0.1) is 6.04 Å². The number of carboxylic acids is 1. The lowest BCUT2D eigenvalue weighted by Crippen LogP contribution is -2.91. The van der Waals surface area contributed by atoms with E-state index in [-0.39, 0.29) is 11.9 Å². The summed E-state index contributed by atoms with van der Waals surface area (Å²) in [5.41, 5.74) is 0. The van der Waals surface area contributed by atoms with Gasteiger partial charge in [0.25, 0.3) is 5.91 Å². The third-order valence-electron chi connectivity index (χ3n) is 3.55. The first-order valence-electron chi connectivity index (χ1n) is 6.73. The highest BCUT2D eigenvalue weighted by Gasteiger charge is 2.52. The minimum atomic E-state index is -5.19. The first-order valence-corrected chi connectivity index (χ1v) is 7.52. The molecule has 2 heterocycles. The minimum absolute atomic E-state index is 0.0813. The summed E-state index contributed by atoms with van der Waals surface area (Å²) in [6.07, 6.45) is -2.89. The van der Waals surface area contributed by atoms with Crippen molar-refractivity contribution >= 4 is 33.6 Å². The molecule has 1 aliphatic carbocycles. The fourth-order valence-corrected chi connectivity index (χ4v) is 2.72. The summed E-state index contributed by atoms with van der Waals surface area (Å²) in [6.45, 7) is 0. The van der Waals surface area contributed by atoms with E-state index in [1.807, 2.05) is 12.1 Å². The van der Waals surface area contributed by atoms with Crippen LogP contribution >= 0.6 is 15.9 Å². The van der Waals surface area contributed by atoms with Crippen molar-refractivity contribution in [2.45, 2.75) is 31.1 Å². The van der Waals surface area contributed by atoms with Crippen LogP contribution in [0.1, 0.15) is 12.8 Å². The molecular weight excluding hydrogens is 383 g/mol. The van der Waals surface area contributed by atoms with Crippen molar-refractivity contribution in [3.05, 3.63) is 22.8 Å². The normalized spacial score (nSPS) is 25.0. The largest absolute Gasteiger partial charge is 0.542 e. The number of hydrogen-bond donors (Lipinski definition) is 2. The number of amides is 1. The number of fused-ring (bicyclic) bond motifs is 1. The van der Waals surface area contributed by atoms with Crippen LogP contribution in [0, 0.1) is 5.92 Å². The van der Waals surface area contributed by atoms with E-state index >= 15 is 0 Å². The maximum Gasteiger partial charge on any atom is 0.430 e. The number of hydrogen-bond acceptors (Lipinski definition) is 4. The van der Waals surface area contributed by atoms with Crippen LogP contribution < -0.4 is 15.7 Å². The molecule has 1 saturated carbocycles. The Hall–Kier alpha value is -1.68. The quantitative estimate of drug-likeness (QED) is 0.677. The van der Waals surface area contributed by atoms with Gasteiger partial charge in [0.2, 0.25) is 0 Å². The molecule has 1 aliphatic heterocycles. The Morgan fingerprint density at radius 2 is 2.00 bits per heavy atom. The van der Waals surface area contributed by atoms with Gasteiger partial charge < -0.3 is 20.5 Å². The number of nitrogens with zero attached hydrogens (tertiary/aromatic N) is 1. The van der Waals surface area contributed by atoms with Gasteiger partial charge in [0, 0.05) is 18.8 Å². The van der Waals surface area contributed by atoms with Crippen LogP contribution in [0.15, 0.2) is 22.8 Å². The number of carbonyl (C=O) groups excluding carboxylic acids is 2. The van der Waals surface area contributed by atoms with E-state index in [0.29, 0.717) is 11.9 Å². The van der Waals surface area contributed by atoms with Crippen molar-refractivity contribution in [3.63, 3.8) is 0 Å². The van der Waals surface area contributed by atoms with E-state index in [1.54, 1.807) is 6.07 Å². The number of anilines is 1. The van der Waals surface area contributed by atoms with E-state index in [4.69, 9.17) is 9.90 Å². The molecule has 2 fully saturated rings. The fourth-order valence-electron chi connectivity index (χ4n) is 2.37. The number of halogens is 4. The van der Waals surface area contributed by atoms with Crippen LogP contribution in [0.2, 0.25) is 0 Å². The number of pyridine rings is 1. The monoisotopic (exact) mass is 395 g/mol. The Balaban J connectivity index is 0.000000236. The maximum absolute atomic E-state index is 11.9. The van der Waals surface area contributed by atoms with E-state index < -0.39 is 12.1 Å². The number of piperidine rings is 1. The molecule has 2 aliphatic rings. The smallest absolute Gasteiger partial charge is 0.430 e. The third kappa shape index (κ3) is 5.17. The highest BCUT2D eigenvalue weighted by Crippen LogP contribution is 2.35. The SMILES string of the molecule is O=C(Nc1cccc(Br)n1)[C@@H]1C[C@H]2C[C@H]2[NH2+]1.O=C([O-])C(F)(F)F. The molecule has 10 heteroatoms. The zero-order valence-corrected chi connectivity index (χ0v) is 13.2. The predicted octanol–water partition coefficient (Wildman–Crippen LogP) is -0.195. The summed E-state index contributed by atoms with van der Waals surface area (Å²) in [6, 6.07) is 6.31. The van der Waals surface area contributed by atoms with E-state index in [0.717, 1.165) is 16.9 Å². The zero-order valence-electron chi connectivity index (χ0n) is 11.6. The van der Waals surface area contributed by atoms with Crippen LogP contribution in [0.25, 0.3) is 0 Å². The fraction of sp³-hybridized carbons (Fsp3) is 0.462. The molecule has 0 spiro atoms. The second-order valence-electron chi connectivity index (χ2n) is 5.31. The summed E-state index contributed by atoms with van der Waals surface area (Å²) < 4.78 is 32.3. The standard InChI is InChI=1S/C11H12BrN3O.C2HF3O2/c12-9-2-1-3-10(14-9)15-11(16)8-5-6-4-7(6)13-8;3-2(4,5)1(6)7/h1-3,6-8,13H,4-5H2,(H,14,15,16);(H,6,7)/t6-,7-,8+;/m1./s1. The molecule has 0 unspecified atom stereocenters. The van der Waals surface area contributed by atoms with Gasteiger partial charge >= 0.3 is 6.18 Å². The highest BCUT2D eigenvalue weighted by atomic mass is 79.9. The first-order chi connectivity index (χ1) is 10.7. The summed E-state index contributed by atoms with van der Waals surface area (Å²) >= 11 is 3.28. The van der Waals surface area contributed by atoms with Crippen molar-refractivity contribution in [1.29, 1.82) is 0 Å². The van der Waals surface area contributed by atoms with Gasteiger partial charge in [0.1, 0.15) is 16.4 Å². The first kappa shape index (κ1) is 17.7. The number of aromatic nitrogens is 1. The number of quaternary nitrogens is 1. The molecule has 126 valence electrons. The van der Waals surface area contributed by atoms with Gasteiger partial charge in [-0.2, -0.15) is 13.2 Å². The van der Waals surface area contributed by atoms with Crippen molar-refractivity contribution in [3.8, 4) is 0 Å². The molecule has 0 aromatic carbocycles. The predicted molar refractivity (Wildman–Crippen MR) is 73.9 cm³/mol. The van der Waals surface area contributed by atoms with Crippen LogP contribution in [0.4, 0.5) is 19.0 Å². The molecule has 0 bridgehead atoms. The van der Waals surface area contributed by atoms with Crippen molar-refractivity contribution < 1.29 is 33.2 Å². The van der Waals surface area contributed by atoms with Crippen LogP contribution in [0.3, 0.4) is 0 Å². The highest BCUT2D eigenvalue weighted by molar-refractivity contribution is 9.10. The second-order valence-corrected chi connectivity index (χ2v) is 6.13. The molecule has 3 rings (SSSR count). The van der Waals surface area contributed by atoms with Gasteiger partial charge in [-0.05, 0) is 28.1 Å². The Morgan fingerprint density at radius 1 is 1.35 bits per heavy atom. The van der Waals surface area contributed by atoms with Crippen molar-refractivity contribution in [2.24, 2.45) is 5.92 Å². The number of carboxylic acid groups (broad SMARTS) is 1. The average Bonchev–Trinajstić information content (AvgIpc) is 3.04. The summed E-state index contributed by atoms with van der Waals surface area (Å²) in [5, 5.41) is 13.8. The maximum atomic E-state index is 11.9. The molecule has 23 heavy (non-hydrogen) atoms. The molecule has 3 atom stereocenters. The Labute approximate surface area is 137 Å². The molecule has 1 aromatic rings. The third-order valence-corrected chi connectivity index (χ3v) is 3.99. The van der Waals surface area contributed by atoms with Crippen LogP contribution in [0.5, 0.6) is 0 Å². The summed E-state index contributed by atoms with van der Waals surface area (Å²) in [5.74, 6) is -1.52. The molecular formula is C13H13BrF3N3O3. The molecule has 6 nitrogen and oxygen atoms in total. The second kappa shape index (κ2) is 6.83. The van der Waals surface area contributed by atoms with Gasteiger partial charge in [0.15, 0.2) is 6.04 Å². The van der Waals surface area contributed by atoms with Gasteiger partial charge in [-0.1, -0.05) is 6.07 Å². The minimum Gasteiger partial charge on any atom is -0.542 e. The van der Waals surface area contributed by atoms with Gasteiger partial charge in [-0.15, -0.1) is 0 Å². The van der Waals surface area contributed by atoms with Crippen LogP contribution in [-0.4, -0.2) is 35.1 Å².